The van der Waals surface area contributed by atoms with Crippen molar-refractivity contribution in [2.75, 3.05) is 39.3 Å². The van der Waals surface area contributed by atoms with Gasteiger partial charge in [-0.2, -0.15) is 0 Å². The maximum Gasteiger partial charge on any atom is 0.230 e. The highest BCUT2D eigenvalue weighted by atomic mass is 16.2. The molecule has 2 atom stereocenters. The molecule has 3 rings (SSSR count). The molecule has 108 valence electrons. The van der Waals surface area contributed by atoms with E-state index in [2.05, 4.69) is 22.0 Å². The maximum absolute atomic E-state index is 12.9. The van der Waals surface area contributed by atoms with Crippen molar-refractivity contribution in [1.29, 1.82) is 0 Å². The molecule has 0 aliphatic carbocycles. The Bertz CT molecular complexity index is 338. The summed E-state index contributed by atoms with van der Waals surface area (Å²) >= 11 is 0. The van der Waals surface area contributed by atoms with Gasteiger partial charge in [-0.3, -0.25) is 9.69 Å². The van der Waals surface area contributed by atoms with Crippen LogP contribution in [0.25, 0.3) is 0 Å². The van der Waals surface area contributed by atoms with E-state index in [9.17, 15) is 4.79 Å². The molecule has 4 nitrogen and oxygen atoms in total. The summed E-state index contributed by atoms with van der Waals surface area (Å²) in [6.07, 6.45) is 5.95. The van der Waals surface area contributed by atoms with E-state index in [1.807, 2.05) is 0 Å². The third-order valence-electron chi connectivity index (χ3n) is 5.50. The number of nitrogens with zero attached hydrogens (tertiary/aromatic N) is 2. The second kappa shape index (κ2) is 5.41. The summed E-state index contributed by atoms with van der Waals surface area (Å²) in [5.74, 6) is 0.422. The summed E-state index contributed by atoms with van der Waals surface area (Å²) in [5.41, 5.74) is -0.100. The van der Waals surface area contributed by atoms with Gasteiger partial charge in [0.25, 0.3) is 0 Å². The number of rotatable bonds is 2. The summed E-state index contributed by atoms with van der Waals surface area (Å²) in [7, 11) is 0. The van der Waals surface area contributed by atoms with Gasteiger partial charge in [0.15, 0.2) is 0 Å². The first-order chi connectivity index (χ1) is 9.25. The summed E-state index contributed by atoms with van der Waals surface area (Å²) in [6.45, 7) is 8.30. The van der Waals surface area contributed by atoms with Crippen LogP contribution in [0.2, 0.25) is 0 Å². The van der Waals surface area contributed by atoms with Gasteiger partial charge < -0.3 is 10.2 Å². The van der Waals surface area contributed by atoms with E-state index >= 15 is 0 Å². The molecule has 1 amide bonds. The maximum atomic E-state index is 12.9. The highest BCUT2D eigenvalue weighted by molar-refractivity contribution is 5.83. The topological polar surface area (TPSA) is 35.6 Å². The standard InChI is InChI=1S/C15H27N3O/c1-2-15(6-7-16-12-15)14(19)18-10-9-17-8-4-3-5-13(17)11-18/h13,16H,2-12H2,1H3. The van der Waals surface area contributed by atoms with Gasteiger partial charge in [-0.15, -0.1) is 0 Å². The van der Waals surface area contributed by atoms with Gasteiger partial charge in [0.1, 0.15) is 0 Å². The minimum atomic E-state index is -0.100. The molecular formula is C15H27N3O. The van der Waals surface area contributed by atoms with Gasteiger partial charge in [0.05, 0.1) is 5.41 Å². The van der Waals surface area contributed by atoms with E-state index < -0.39 is 0 Å². The predicted molar refractivity (Wildman–Crippen MR) is 76.0 cm³/mol. The third-order valence-corrected chi connectivity index (χ3v) is 5.50. The van der Waals surface area contributed by atoms with Crippen LogP contribution in [-0.4, -0.2) is 61.0 Å². The number of hydrogen-bond acceptors (Lipinski definition) is 3. The molecule has 0 bridgehead atoms. The van der Waals surface area contributed by atoms with Crippen LogP contribution in [0.4, 0.5) is 0 Å². The molecule has 0 aromatic heterocycles. The average Bonchev–Trinajstić information content (AvgIpc) is 2.96. The van der Waals surface area contributed by atoms with Crippen LogP contribution < -0.4 is 5.32 Å². The number of piperidine rings is 1. The zero-order chi connectivity index (χ0) is 13.3. The molecule has 1 N–H and O–H groups in total. The second-order valence-corrected chi connectivity index (χ2v) is 6.50. The summed E-state index contributed by atoms with van der Waals surface area (Å²) in [4.78, 5) is 17.7. The summed E-state index contributed by atoms with van der Waals surface area (Å²) < 4.78 is 0. The Labute approximate surface area is 116 Å². The first kappa shape index (κ1) is 13.4. The van der Waals surface area contributed by atoms with Crippen LogP contribution in [0.5, 0.6) is 0 Å². The Balaban J connectivity index is 1.67. The molecule has 0 spiro atoms. The minimum Gasteiger partial charge on any atom is -0.339 e. The number of nitrogens with one attached hydrogen (secondary N) is 1. The molecule has 0 aromatic carbocycles. The first-order valence-electron chi connectivity index (χ1n) is 7.99. The number of piperazine rings is 1. The van der Waals surface area contributed by atoms with Crippen LogP contribution in [0.3, 0.4) is 0 Å². The van der Waals surface area contributed by atoms with Gasteiger partial charge in [-0.05, 0) is 38.8 Å². The van der Waals surface area contributed by atoms with Crippen LogP contribution in [-0.2, 0) is 4.79 Å². The van der Waals surface area contributed by atoms with E-state index in [0.717, 1.165) is 45.6 Å². The molecule has 3 aliphatic rings. The van der Waals surface area contributed by atoms with Gasteiger partial charge >= 0.3 is 0 Å². The number of fused-ring (bicyclic) bond motifs is 1. The monoisotopic (exact) mass is 265 g/mol. The molecule has 0 saturated carbocycles. The van der Waals surface area contributed by atoms with Crippen molar-refractivity contribution < 1.29 is 4.79 Å². The fourth-order valence-electron chi connectivity index (χ4n) is 4.06. The van der Waals surface area contributed by atoms with Crippen molar-refractivity contribution in [3.63, 3.8) is 0 Å². The predicted octanol–water partition coefficient (Wildman–Crippen LogP) is 1.07. The fraction of sp³-hybridized carbons (Fsp3) is 0.933. The van der Waals surface area contributed by atoms with Gasteiger partial charge in [-0.25, -0.2) is 0 Å². The Morgan fingerprint density at radius 2 is 2.21 bits per heavy atom. The summed E-state index contributed by atoms with van der Waals surface area (Å²) in [6, 6.07) is 0.634. The molecule has 3 fully saturated rings. The lowest BCUT2D eigenvalue weighted by molar-refractivity contribution is -0.145. The number of amides is 1. The highest BCUT2D eigenvalue weighted by Crippen LogP contribution is 2.33. The highest BCUT2D eigenvalue weighted by Gasteiger charge is 2.43. The van der Waals surface area contributed by atoms with Crippen LogP contribution >= 0.6 is 0 Å². The quantitative estimate of drug-likeness (QED) is 0.811. The number of carbonyl (C=O) groups excluding carboxylic acids is 1. The fourth-order valence-corrected chi connectivity index (χ4v) is 4.06. The van der Waals surface area contributed by atoms with Gasteiger partial charge in [-0.1, -0.05) is 13.3 Å². The smallest absolute Gasteiger partial charge is 0.230 e. The molecule has 3 aliphatic heterocycles. The van der Waals surface area contributed by atoms with E-state index in [-0.39, 0.29) is 5.41 Å². The van der Waals surface area contributed by atoms with Crippen LogP contribution in [0.15, 0.2) is 0 Å². The van der Waals surface area contributed by atoms with E-state index in [0.29, 0.717) is 11.9 Å². The minimum absolute atomic E-state index is 0.100. The lowest BCUT2D eigenvalue weighted by Gasteiger charge is -2.46. The molecular weight excluding hydrogens is 238 g/mol. The van der Waals surface area contributed by atoms with E-state index in [4.69, 9.17) is 0 Å². The normalized spacial score (nSPS) is 36.3. The summed E-state index contributed by atoms with van der Waals surface area (Å²) in [5, 5.41) is 3.38. The first-order valence-corrected chi connectivity index (χ1v) is 7.99. The lowest BCUT2D eigenvalue weighted by atomic mass is 9.82. The van der Waals surface area contributed by atoms with Crippen molar-refractivity contribution in [3.05, 3.63) is 0 Å². The van der Waals surface area contributed by atoms with Crippen molar-refractivity contribution in [2.45, 2.75) is 45.1 Å². The molecule has 0 radical (unpaired) electrons. The van der Waals surface area contributed by atoms with Crippen molar-refractivity contribution >= 4 is 5.91 Å². The van der Waals surface area contributed by atoms with Crippen molar-refractivity contribution in [3.8, 4) is 0 Å². The molecule has 3 saturated heterocycles. The Morgan fingerprint density at radius 1 is 1.32 bits per heavy atom. The lowest BCUT2D eigenvalue weighted by Crippen LogP contribution is -2.58. The Hall–Kier alpha value is -0.610. The Kier molecular flexibility index (Phi) is 3.81. The van der Waals surface area contributed by atoms with E-state index in [1.165, 1.54) is 25.8 Å². The molecule has 4 heteroatoms. The van der Waals surface area contributed by atoms with Gasteiger partial charge in [0, 0.05) is 32.2 Å². The zero-order valence-corrected chi connectivity index (χ0v) is 12.2. The molecule has 2 unspecified atom stereocenters. The molecule has 19 heavy (non-hydrogen) atoms. The van der Waals surface area contributed by atoms with Crippen molar-refractivity contribution in [2.24, 2.45) is 5.41 Å². The van der Waals surface area contributed by atoms with Crippen LogP contribution in [0.1, 0.15) is 39.0 Å². The third kappa shape index (κ3) is 2.40. The van der Waals surface area contributed by atoms with Gasteiger partial charge in [0.2, 0.25) is 5.91 Å². The molecule has 0 aromatic rings. The number of carbonyl (C=O) groups is 1. The van der Waals surface area contributed by atoms with Crippen LogP contribution in [0, 0.1) is 5.41 Å². The zero-order valence-electron chi connectivity index (χ0n) is 12.2. The average molecular weight is 265 g/mol. The SMILES string of the molecule is CCC1(C(=O)N2CCN3CCCCC3C2)CCNC1. The van der Waals surface area contributed by atoms with Crippen molar-refractivity contribution in [1.82, 2.24) is 15.1 Å². The van der Waals surface area contributed by atoms with E-state index in [1.54, 1.807) is 0 Å². The number of hydrogen-bond donors (Lipinski definition) is 1. The largest absolute Gasteiger partial charge is 0.339 e. The molecule has 3 heterocycles. The Morgan fingerprint density at radius 3 is 2.95 bits per heavy atom. The second-order valence-electron chi connectivity index (χ2n) is 6.50.